The van der Waals surface area contributed by atoms with Crippen molar-refractivity contribution in [3.8, 4) is 0 Å². The highest BCUT2D eigenvalue weighted by atomic mass is 16.8. The topological polar surface area (TPSA) is 108 Å². The van der Waals surface area contributed by atoms with E-state index >= 15 is 0 Å². The van der Waals surface area contributed by atoms with Crippen LogP contribution in [0.2, 0.25) is 0 Å². The Hall–Kier alpha value is -2.45. The highest BCUT2D eigenvalue weighted by Gasteiger charge is 2.51. The molecule has 0 bridgehead atoms. The number of hydrogen-bond donors (Lipinski definition) is 1. The number of ether oxygens (including phenoxy) is 4. The van der Waals surface area contributed by atoms with E-state index in [1.54, 1.807) is 51.1 Å². The van der Waals surface area contributed by atoms with Crippen LogP contribution in [0.15, 0.2) is 30.3 Å². The number of carbonyl (C=O) groups excluding carboxylic acids is 2. The SMILES string of the molecule is CC(C)(C)OC(=O)C(OC(=O)[C@@H]1OC(C)(C)O[C@H]1C(=O)O)c1ccccc1. The Bertz CT molecular complexity index is 704. The molecule has 0 aliphatic carbocycles. The van der Waals surface area contributed by atoms with Gasteiger partial charge in [-0.15, -0.1) is 0 Å². The Balaban J connectivity index is 2.25. The minimum absolute atomic E-state index is 0.394. The molecule has 1 heterocycles. The first kappa shape index (κ1) is 20.9. The van der Waals surface area contributed by atoms with Crippen molar-refractivity contribution >= 4 is 17.9 Å². The maximum absolute atomic E-state index is 12.6. The van der Waals surface area contributed by atoms with Gasteiger partial charge in [-0.3, -0.25) is 0 Å². The summed E-state index contributed by atoms with van der Waals surface area (Å²) in [6.45, 7) is 8.03. The molecule has 0 spiro atoms. The van der Waals surface area contributed by atoms with Crippen molar-refractivity contribution in [1.29, 1.82) is 0 Å². The summed E-state index contributed by atoms with van der Waals surface area (Å²) in [5.41, 5.74) is -0.403. The summed E-state index contributed by atoms with van der Waals surface area (Å²) in [6, 6.07) is 8.31. The molecule has 0 saturated carbocycles. The Labute approximate surface area is 157 Å². The number of esters is 2. The zero-order valence-corrected chi connectivity index (χ0v) is 15.9. The lowest BCUT2D eigenvalue weighted by Crippen LogP contribution is -2.40. The predicted octanol–water partition coefficient (Wildman–Crippen LogP) is 2.22. The van der Waals surface area contributed by atoms with Crippen molar-refractivity contribution in [2.24, 2.45) is 0 Å². The number of rotatable bonds is 5. The Morgan fingerprint density at radius 1 is 1.07 bits per heavy atom. The summed E-state index contributed by atoms with van der Waals surface area (Å²) < 4.78 is 21.3. The van der Waals surface area contributed by atoms with Crippen LogP contribution in [0.5, 0.6) is 0 Å². The van der Waals surface area contributed by atoms with E-state index in [0.717, 1.165) is 0 Å². The molecule has 8 heteroatoms. The third-order valence-corrected chi connectivity index (χ3v) is 3.53. The second-order valence-electron chi connectivity index (χ2n) is 7.58. The normalized spacial score (nSPS) is 22.7. The van der Waals surface area contributed by atoms with E-state index in [4.69, 9.17) is 18.9 Å². The van der Waals surface area contributed by atoms with Crippen molar-refractivity contribution in [2.45, 2.75) is 64.3 Å². The van der Waals surface area contributed by atoms with Crippen LogP contribution in [0.3, 0.4) is 0 Å². The molecule has 148 valence electrons. The van der Waals surface area contributed by atoms with Gasteiger partial charge >= 0.3 is 17.9 Å². The molecule has 1 aliphatic heterocycles. The van der Waals surface area contributed by atoms with Crippen LogP contribution in [-0.4, -0.2) is 46.6 Å². The minimum atomic E-state index is -1.54. The first-order valence-corrected chi connectivity index (χ1v) is 8.46. The maximum Gasteiger partial charge on any atom is 0.352 e. The average Bonchev–Trinajstić information content (AvgIpc) is 2.87. The van der Waals surface area contributed by atoms with E-state index < -0.39 is 47.6 Å². The molecule has 8 nitrogen and oxygen atoms in total. The van der Waals surface area contributed by atoms with Gasteiger partial charge < -0.3 is 24.1 Å². The van der Waals surface area contributed by atoms with E-state index in [-0.39, 0.29) is 0 Å². The molecule has 1 saturated heterocycles. The quantitative estimate of drug-likeness (QED) is 0.775. The fraction of sp³-hybridized carbons (Fsp3) is 0.526. The molecule has 0 radical (unpaired) electrons. The molecule has 0 amide bonds. The fourth-order valence-corrected chi connectivity index (χ4v) is 2.53. The van der Waals surface area contributed by atoms with Gasteiger partial charge in [-0.2, -0.15) is 0 Å². The van der Waals surface area contributed by atoms with Crippen molar-refractivity contribution in [3.05, 3.63) is 35.9 Å². The Morgan fingerprint density at radius 2 is 1.63 bits per heavy atom. The summed E-state index contributed by atoms with van der Waals surface area (Å²) in [6.07, 6.45) is -4.41. The van der Waals surface area contributed by atoms with Gasteiger partial charge in [-0.25, -0.2) is 14.4 Å². The number of carbonyl (C=O) groups is 3. The third kappa shape index (κ3) is 5.51. The summed E-state index contributed by atoms with van der Waals surface area (Å²) in [5, 5.41) is 9.27. The lowest BCUT2D eigenvalue weighted by atomic mass is 10.1. The molecule has 1 aromatic carbocycles. The minimum Gasteiger partial charge on any atom is -0.479 e. The highest BCUT2D eigenvalue weighted by molar-refractivity contribution is 5.87. The van der Waals surface area contributed by atoms with Crippen LogP contribution in [0.25, 0.3) is 0 Å². The van der Waals surface area contributed by atoms with Crippen LogP contribution in [0.4, 0.5) is 0 Å². The molecule has 1 N–H and O–H groups in total. The van der Waals surface area contributed by atoms with Gasteiger partial charge in [0, 0.05) is 5.56 Å². The molecule has 1 fully saturated rings. The summed E-state index contributed by atoms with van der Waals surface area (Å²) in [5.74, 6) is -4.43. The molecule has 1 unspecified atom stereocenters. The van der Waals surface area contributed by atoms with Gasteiger partial charge in [-0.05, 0) is 34.6 Å². The first-order valence-electron chi connectivity index (χ1n) is 8.46. The standard InChI is InChI=1S/C19H24O8/c1-18(2,3)27-17(23)12(11-9-7-6-8-10-11)24-16(22)14-13(15(20)21)25-19(4,5)26-14/h6-10,12-14H,1-5H3,(H,20,21)/t12?,13-,14-/m1/s1. The van der Waals surface area contributed by atoms with Gasteiger partial charge in [-0.1, -0.05) is 30.3 Å². The largest absolute Gasteiger partial charge is 0.479 e. The monoisotopic (exact) mass is 380 g/mol. The van der Waals surface area contributed by atoms with Crippen LogP contribution in [-0.2, 0) is 33.3 Å². The molecular formula is C19H24O8. The lowest BCUT2D eigenvalue weighted by molar-refractivity contribution is -0.186. The number of aliphatic carboxylic acids is 1. The van der Waals surface area contributed by atoms with Crippen molar-refractivity contribution < 1.29 is 38.4 Å². The molecular weight excluding hydrogens is 356 g/mol. The number of carboxylic acid groups (broad SMARTS) is 1. The number of hydrogen-bond acceptors (Lipinski definition) is 7. The first-order chi connectivity index (χ1) is 12.4. The lowest BCUT2D eigenvalue weighted by Gasteiger charge is -2.25. The van der Waals surface area contributed by atoms with E-state index in [9.17, 15) is 19.5 Å². The molecule has 1 aromatic rings. The van der Waals surface area contributed by atoms with Gasteiger partial charge in [0.25, 0.3) is 0 Å². The highest BCUT2D eigenvalue weighted by Crippen LogP contribution is 2.31. The van der Waals surface area contributed by atoms with Crippen molar-refractivity contribution in [2.75, 3.05) is 0 Å². The van der Waals surface area contributed by atoms with Crippen LogP contribution in [0, 0.1) is 0 Å². The van der Waals surface area contributed by atoms with E-state index in [2.05, 4.69) is 0 Å². The van der Waals surface area contributed by atoms with Crippen LogP contribution < -0.4 is 0 Å². The number of carboxylic acids is 1. The average molecular weight is 380 g/mol. The van der Waals surface area contributed by atoms with Crippen LogP contribution >= 0.6 is 0 Å². The third-order valence-electron chi connectivity index (χ3n) is 3.53. The number of benzene rings is 1. The van der Waals surface area contributed by atoms with Crippen LogP contribution in [0.1, 0.15) is 46.3 Å². The van der Waals surface area contributed by atoms with Gasteiger partial charge in [0.05, 0.1) is 0 Å². The zero-order valence-electron chi connectivity index (χ0n) is 15.9. The summed E-state index contributed by atoms with van der Waals surface area (Å²) >= 11 is 0. The van der Waals surface area contributed by atoms with E-state index in [1.807, 2.05) is 0 Å². The molecule has 3 atom stereocenters. The second kappa shape index (κ2) is 7.66. The molecule has 1 aliphatic rings. The summed E-state index contributed by atoms with van der Waals surface area (Å²) in [4.78, 5) is 36.5. The molecule has 0 aromatic heterocycles. The van der Waals surface area contributed by atoms with Gasteiger partial charge in [0.2, 0.25) is 6.10 Å². The van der Waals surface area contributed by atoms with Crippen molar-refractivity contribution in [1.82, 2.24) is 0 Å². The van der Waals surface area contributed by atoms with E-state index in [1.165, 1.54) is 13.8 Å². The van der Waals surface area contributed by atoms with Gasteiger partial charge in [0.15, 0.2) is 18.0 Å². The second-order valence-corrected chi connectivity index (χ2v) is 7.58. The molecule has 27 heavy (non-hydrogen) atoms. The predicted molar refractivity (Wildman–Crippen MR) is 92.6 cm³/mol. The smallest absolute Gasteiger partial charge is 0.352 e. The Morgan fingerprint density at radius 3 is 2.15 bits per heavy atom. The maximum atomic E-state index is 12.6. The summed E-state index contributed by atoms with van der Waals surface area (Å²) in [7, 11) is 0. The fourth-order valence-electron chi connectivity index (χ4n) is 2.53. The molecule has 2 rings (SSSR count). The van der Waals surface area contributed by atoms with E-state index in [0.29, 0.717) is 5.56 Å². The van der Waals surface area contributed by atoms with Gasteiger partial charge in [0.1, 0.15) is 5.60 Å². The Kier molecular flexibility index (Phi) is 5.91. The van der Waals surface area contributed by atoms with Crippen molar-refractivity contribution in [3.63, 3.8) is 0 Å². The zero-order chi connectivity index (χ0) is 20.4.